The standard InChI is InChI=1S/C13H12ClN3OS/c1-7-3-4-9(14)6-11(7)18-13-16-8(2)5-10(17-13)12(15)19/h3-6H,1-2H3,(H2,15,19). The SMILES string of the molecule is Cc1cc(C(N)=S)nc(Oc2cc(Cl)ccc2C)n1. The molecule has 2 aromatic rings. The van der Waals surface area contributed by atoms with Crippen LogP contribution in [-0.4, -0.2) is 15.0 Å². The van der Waals surface area contributed by atoms with E-state index in [0.717, 1.165) is 11.3 Å². The average molecular weight is 294 g/mol. The van der Waals surface area contributed by atoms with Gasteiger partial charge in [-0.25, -0.2) is 4.98 Å². The Labute approximate surface area is 121 Å². The second kappa shape index (κ2) is 5.50. The average Bonchev–Trinajstić information content (AvgIpc) is 2.33. The van der Waals surface area contributed by atoms with Crippen LogP contribution >= 0.6 is 23.8 Å². The Balaban J connectivity index is 2.38. The number of hydrogen-bond acceptors (Lipinski definition) is 4. The minimum absolute atomic E-state index is 0.202. The van der Waals surface area contributed by atoms with Gasteiger partial charge in [0.15, 0.2) is 0 Å². The second-order valence-corrected chi connectivity index (χ2v) is 4.93. The highest BCUT2D eigenvalue weighted by Crippen LogP contribution is 2.26. The molecule has 0 aliphatic heterocycles. The molecule has 19 heavy (non-hydrogen) atoms. The number of rotatable bonds is 3. The molecule has 0 bridgehead atoms. The zero-order valence-electron chi connectivity index (χ0n) is 10.5. The topological polar surface area (TPSA) is 61.0 Å². The number of nitrogens with two attached hydrogens (primary N) is 1. The van der Waals surface area contributed by atoms with Crippen LogP contribution < -0.4 is 10.5 Å². The van der Waals surface area contributed by atoms with E-state index in [9.17, 15) is 0 Å². The normalized spacial score (nSPS) is 10.3. The van der Waals surface area contributed by atoms with Crippen LogP contribution in [-0.2, 0) is 0 Å². The summed E-state index contributed by atoms with van der Waals surface area (Å²) in [5.74, 6) is 0.604. The third-order valence-electron chi connectivity index (χ3n) is 2.44. The summed E-state index contributed by atoms with van der Waals surface area (Å²) in [4.78, 5) is 8.55. The molecule has 1 aromatic heterocycles. The third kappa shape index (κ3) is 3.39. The van der Waals surface area contributed by atoms with E-state index in [0.29, 0.717) is 16.5 Å². The zero-order valence-corrected chi connectivity index (χ0v) is 12.0. The van der Waals surface area contributed by atoms with Crippen molar-refractivity contribution >= 4 is 28.8 Å². The maximum Gasteiger partial charge on any atom is 0.322 e. The van der Waals surface area contributed by atoms with Gasteiger partial charge in [-0.05, 0) is 37.6 Å². The molecule has 1 aromatic carbocycles. The highest BCUT2D eigenvalue weighted by atomic mass is 35.5. The fourth-order valence-corrected chi connectivity index (χ4v) is 1.76. The molecular weight excluding hydrogens is 282 g/mol. The Morgan fingerprint density at radius 2 is 2.00 bits per heavy atom. The maximum atomic E-state index is 5.93. The monoisotopic (exact) mass is 293 g/mol. The van der Waals surface area contributed by atoms with Gasteiger partial charge < -0.3 is 10.5 Å². The van der Waals surface area contributed by atoms with E-state index in [2.05, 4.69) is 9.97 Å². The molecule has 2 rings (SSSR count). The van der Waals surface area contributed by atoms with Gasteiger partial charge in [0.05, 0.1) is 0 Å². The number of halogens is 1. The first-order valence-corrected chi connectivity index (χ1v) is 6.34. The van der Waals surface area contributed by atoms with Gasteiger partial charge >= 0.3 is 6.01 Å². The summed E-state index contributed by atoms with van der Waals surface area (Å²) in [6, 6.07) is 7.28. The van der Waals surface area contributed by atoms with Gasteiger partial charge in [-0.1, -0.05) is 29.9 Å². The Hall–Kier alpha value is -1.72. The van der Waals surface area contributed by atoms with Gasteiger partial charge in [-0.3, -0.25) is 0 Å². The number of nitrogens with zero attached hydrogens (tertiary/aromatic N) is 2. The number of aromatic nitrogens is 2. The highest BCUT2D eigenvalue weighted by Gasteiger charge is 2.08. The van der Waals surface area contributed by atoms with Gasteiger partial charge in [-0.2, -0.15) is 4.98 Å². The van der Waals surface area contributed by atoms with Crippen LogP contribution in [0.5, 0.6) is 11.8 Å². The Morgan fingerprint density at radius 1 is 1.26 bits per heavy atom. The van der Waals surface area contributed by atoms with Crippen molar-refractivity contribution in [2.75, 3.05) is 0 Å². The molecule has 6 heteroatoms. The Kier molecular flexibility index (Phi) is 3.97. The molecule has 0 radical (unpaired) electrons. The summed E-state index contributed by atoms with van der Waals surface area (Å²) in [5, 5.41) is 0.586. The fraction of sp³-hybridized carbons (Fsp3) is 0.154. The smallest absolute Gasteiger partial charge is 0.322 e. The van der Waals surface area contributed by atoms with Crippen molar-refractivity contribution in [3.8, 4) is 11.8 Å². The highest BCUT2D eigenvalue weighted by molar-refractivity contribution is 7.80. The molecule has 98 valence electrons. The van der Waals surface area contributed by atoms with Crippen molar-refractivity contribution in [3.05, 3.63) is 46.2 Å². The van der Waals surface area contributed by atoms with Gasteiger partial charge in [0.25, 0.3) is 0 Å². The van der Waals surface area contributed by atoms with Crippen LogP contribution in [0.1, 0.15) is 17.0 Å². The lowest BCUT2D eigenvalue weighted by Crippen LogP contribution is -2.13. The van der Waals surface area contributed by atoms with E-state index < -0.39 is 0 Å². The van der Waals surface area contributed by atoms with Crippen molar-refractivity contribution in [1.82, 2.24) is 9.97 Å². The van der Waals surface area contributed by atoms with Gasteiger partial charge in [0.2, 0.25) is 0 Å². The molecule has 0 spiro atoms. The molecular formula is C13H12ClN3OS. The lowest BCUT2D eigenvalue weighted by Gasteiger charge is -2.09. The molecule has 0 unspecified atom stereocenters. The molecule has 0 aliphatic rings. The van der Waals surface area contributed by atoms with Gasteiger partial charge in [0.1, 0.15) is 16.4 Å². The van der Waals surface area contributed by atoms with E-state index in [1.54, 1.807) is 18.2 Å². The minimum atomic E-state index is 0.202. The van der Waals surface area contributed by atoms with E-state index in [1.807, 2.05) is 19.9 Å². The van der Waals surface area contributed by atoms with Crippen LogP contribution in [0.2, 0.25) is 5.02 Å². The van der Waals surface area contributed by atoms with Crippen molar-refractivity contribution in [3.63, 3.8) is 0 Å². The predicted octanol–water partition coefficient (Wildman–Crippen LogP) is 3.17. The molecule has 0 saturated heterocycles. The summed E-state index contributed by atoms with van der Waals surface area (Å²) >= 11 is 10.8. The van der Waals surface area contributed by atoms with Crippen LogP contribution in [0.3, 0.4) is 0 Å². The van der Waals surface area contributed by atoms with Crippen LogP contribution in [0.4, 0.5) is 0 Å². The molecule has 0 atom stereocenters. The van der Waals surface area contributed by atoms with Crippen molar-refractivity contribution in [2.24, 2.45) is 5.73 Å². The van der Waals surface area contributed by atoms with Crippen LogP contribution in [0.15, 0.2) is 24.3 Å². The first kappa shape index (κ1) is 13.7. The summed E-state index contributed by atoms with van der Waals surface area (Å²) in [7, 11) is 0. The molecule has 0 amide bonds. The first-order chi connectivity index (χ1) is 8.95. The first-order valence-electron chi connectivity index (χ1n) is 5.55. The molecule has 0 saturated carbocycles. The molecule has 2 N–H and O–H groups in total. The number of thiocarbonyl (C=S) groups is 1. The summed E-state index contributed by atoms with van der Waals surface area (Å²) in [6.07, 6.45) is 0. The minimum Gasteiger partial charge on any atom is -0.424 e. The predicted molar refractivity (Wildman–Crippen MR) is 78.9 cm³/mol. The van der Waals surface area contributed by atoms with Crippen molar-refractivity contribution < 1.29 is 4.74 Å². The number of hydrogen-bond donors (Lipinski definition) is 1. The zero-order chi connectivity index (χ0) is 14.0. The van der Waals surface area contributed by atoms with E-state index in [1.165, 1.54) is 0 Å². The largest absolute Gasteiger partial charge is 0.424 e. The maximum absolute atomic E-state index is 5.93. The van der Waals surface area contributed by atoms with Crippen LogP contribution in [0, 0.1) is 13.8 Å². The van der Waals surface area contributed by atoms with E-state index in [4.69, 9.17) is 34.3 Å². The summed E-state index contributed by atoms with van der Waals surface area (Å²) in [5.41, 5.74) is 7.71. The fourth-order valence-electron chi connectivity index (χ4n) is 1.50. The molecule has 0 aliphatic carbocycles. The molecule has 0 fully saturated rings. The van der Waals surface area contributed by atoms with E-state index in [-0.39, 0.29) is 11.0 Å². The summed E-state index contributed by atoms with van der Waals surface area (Å²) < 4.78 is 5.64. The lowest BCUT2D eigenvalue weighted by molar-refractivity contribution is 0.437. The van der Waals surface area contributed by atoms with Crippen LogP contribution in [0.25, 0.3) is 0 Å². The molecule has 1 heterocycles. The lowest BCUT2D eigenvalue weighted by atomic mass is 10.2. The van der Waals surface area contributed by atoms with Gasteiger partial charge in [-0.15, -0.1) is 0 Å². The second-order valence-electron chi connectivity index (χ2n) is 4.05. The van der Waals surface area contributed by atoms with Crippen molar-refractivity contribution in [1.29, 1.82) is 0 Å². The number of benzene rings is 1. The number of aryl methyl sites for hydroxylation is 2. The third-order valence-corrected chi connectivity index (χ3v) is 2.88. The quantitative estimate of drug-likeness (QED) is 0.881. The molecule has 4 nitrogen and oxygen atoms in total. The van der Waals surface area contributed by atoms with Gasteiger partial charge in [0, 0.05) is 10.7 Å². The Bertz CT molecular complexity index is 646. The number of ether oxygens (including phenoxy) is 1. The Morgan fingerprint density at radius 3 is 2.68 bits per heavy atom. The summed E-state index contributed by atoms with van der Waals surface area (Å²) in [6.45, 7) is 3.73. The van der Waals surface area contributed by atoms with Crippen molar-refractivity contribution in [2.45, 2.75) is 13.8 Å². The van der Waals surface area contributed by atoms with E-state index >= 15 is 0 Å².